The van der Waals surface area contributed by atoms with E-state index in [9.17, 15) is 9.59 Å². The van der Waals surface area contributed by atoms with Gasteiger partial charge in [0, 0.05) is 50.9 Å². The Morgan fingerprint density at radius 2 is 2.12 bits per heavy atom. The number of amides is 2. The molecule has 2 atom stereocenters. The molecule has 2 heterocycles. The van der Waals surface area contributed by atoms with Gasteiger partial charge in [0.05, 0.1) is 6.04 Å². The van der Waals surface area contributed by atoms with E-state index in [2.05, 4.69) is 25.5 Å². The molecule has 1 aliphatic carbocycles. The highest BCUT2D eigenvalue weighted by Crippen LogP contribution is 2.27. The van der Waals surface area contributed by atoms with Gasteiger partial charge < -0.3 is 15.6 Å². The molecule has 0 spiro atoms. The van der Waals surface area contributed by atoms with Gasteiger partial charge in [0.15, 0.2) is 0 Å². The molecule has 1 aliphatic heterocycles. The van der Waals surface area contributed by atoms with E-state index in [1.54, 1.807) is 0 Å². The number of aromatic nitrogens is 2. The molecule has 0 radical (unpaired) electrons. The third-order valence-electron chi connectivity index (χ3n) is 5.48. The van der Waals surface area contributed by atoms with E-state index < -0.39 is 0 Å². The standard InChI is InChI=1S/C19H31N5O2/c1-3-20-19(26)17-9-15(22-13(2)25)11-24(17)12-16-10-21-18(23-16)8-14-6-4-5-7-14/h10,14-15,17H,3-9,11-12H2,1-2H3,(H,20,26)(H,21,23)(H,22,25). The molecular formula is C19H31N5O2. The Bertz CT molecular complexity index is 623. The summed E-state index contributed by atoms with van der Waals surface area (Å²) in [6.07, 6.45) is 8.85. The second kappa shape index (κ2) is 8.66. The fraction of sp³-hybridized carbons (Fsp3) is 0.737. The predicted molar refractivity (Wildman–Crippen MR) is 99.4 cm³/mol. The van der Waals surface area contributed by atoms with Crippen LogP contribution in [0.5, 0.6) is 0 Å². The van der Waals surface area contributed by atoms with E-state index in [0.29, 0.717) is 26.1 Å². The van der Waals surface area contributed by atoms with Crippen LogP contribution in [-0.4, -0.2) is 51.9 Å². The van der Waals surface area contributed by atoms with E-state index in [4.69, 9.17) is 0 Å². The lowest BCUT2D eigenvalue weighted by Crippen LogP contribution is -2.42. The van der Waals surface area contributed by atoms with Crippen molar-refractivity contribution in [1.29, 1.82) is 0 Å². The van der Waals surface area contributed by atoms with E-state index in [-0.39, 0.29) is 23.9 Å². The summed E-state index contributed by atoms with van der Waals surface area (Å²) < 4.78 is 0. The first kappa shape index (κ1) is 18.9. The fourth-order valence-corrected chi connectivity index (χ4v) is 4.33. The first-order valence-electron chi connectivity index (χ1n) is 9.86. The molecule has 2 amide bonds. The van der Waals surface area contributed by atoms with Crippen molar-refractivity contribution in [1.82, 2.24) is 25.5 Å². The summed E-state index contributed by atoms with van der Waals surface area (Å²) in [7, 11) is 0. The number of rotatable bonds is 7. The Balaban J connectivity index is 1.62. The van der Waals surface area contributed by atoms with Crippen molar-refractivity contribution in [2.75, 3.05) is 13.1 Å². The van der Waals surface area contributed by atoms with Crippen LogP contribution in [0, 0.1) is 5.92 Å². The average molecular weight is 361 g/mol. The zero-order valence-corrected chi connectivity index (χ0v) is 15.9. The third-order valence-corrected chi connectivity index (χ3v) is 5.48. The van der Waals surface area contributed by atoms with Crippen LogP contribution in [0.25, 0.3) is 0 Å². The molecule has 7 nitrogen and oxygen atoms in total. The number of hydrogen-bond acceptors (Lipinski definition) is 4. The Kier molecular flexibility index (Phi) is 6.29. The van der Waals surface area contributed by atoms with Gasteiger partial charge in [0.2, 0.25) is 11.8 Å². The maximum Gasteiger partial charge on any atom is 0.237 e. The number of likely N-dealkylation sites (tertiary alicyclic amines) is 1. The van der Waals surface area contributed by atoms with Crippen LogP contribution in [0.15, 0.2) is 6.20 Å². The summed E-state index contributed by atoms with van der Waals surface area (Å²) >= 11 is 0. The molecule has 1 saturated heterocycles. The van der Waals surface area contributed by atoms with Crippen molar-refractivity contribution in [2.24, 2.45) is 5.92 Å². The number of nitrogens with zero attached hydrogens (tertiary/aromatic N) is 2. The van der Waals surface area contributed by atoms with Crippen molar-refractivity contribution in [2.45, 2.75) is 71.0 Å². The monoisotopic (exact) mass is 361 g/mol. The number of hydrogen-bond donors (Lipinski definition) is 3. The molecule has 7 heteroatoms. The van der Waals surface area contributed by atoms with E-state index in [1.165, 1.54) is 32.6 Å². The minimum atomic E-state index is -0.214. The summed E-state index contributed by atoms with van der Waals surface area (Å²) in [6.45, 7) is 5.39. The molecule has 2 fully saturated rings. The van der Waals surface area contributed by atoms with Gasteiger partial charge in [-0.15, -0.1) is 0 Å². The number of H-pyrrole nitrogens is 1. The lowest BCUT2D eigenvalue weighted by molar-refractivity contribution is -0.125. The highest BCUT2D eigenvalue weighted by Gasteiger charge is 2.37. The maximum atomic E-state index is 12.4. The number of likely N-dealkylation sites (N-methyl/N-ethyl adjacent to an activating group) is 1. The zero-order chi connectivity index (χ0) is 18.5. The number of imidazole rings is 1. The number of carbonyl (C=O) groups excluding carboxylic acids is 2. The van der Waals surface area contributed by atoms with Gasteiger partial charge in [-0.1, -0.05) is 25.7 Å². The minimum absolute atomic E-state index is 0.0148. The van der Waals surface area contributed by atoms with Crippen molar-refractivity contribution < 1.29 is 9.59 Å². The third kappa shape index (κ3) is 4.84. The molecule has 26 heavy (non-hydrogen) atoms. The molecule has 1 saturated carbocycles. The van der Waals surface area contributed by atoms with Crippen LogP contribution < -0.4 is 10.6 Å². The molecule has 0 aromatic carbocycles. The van der Waals surface area contributed by atoms with E-state index in [1.807, 2.05) is 13.1 Å². The Morgan fingerprint density at radius 1 is 1.35 bits per heavy atom. The predicted octanol–water partition coefficient (Wildman–Crippen LogP) is 1.36. The number of nitrogens with one attached hydrogen (secondary N) is 3. The molecule has 1 aromatic heterocycles. The Labute approximate surface area is 155 Å². The lowest BCUT2D eigenvalue weighted by Gasteiger charge is -2.22. The second-order valence-electron chi connectivity index (χ2n) is 7.68. The van der Waals surface area contributed by atoms with Crippen LogP contribution in [-0.2, 0) is 22.6 Å². The zero-order valence-electron chi connectivity index (χ0n) is 15.9. The highest BCUT2D eigenvalue weighted by atomic mass is 16.2. The molecule has 2 aliphatic rings. The van der Waals surface area contributed by atoms with Gasteiger partial charge >= 0.3 is 0 Å². The summed E-state index contributed by atoms with van der Waals surface area (Å²) in [5.41, 5.74) is 1.04. The normalized spacial score (nSPS) is 24.1. The van der Waals surface area contributed by atoms with Gasteiger partial charge in [-0.25, -0.2) is 4.98 Å². The van der Waals surface area contributed by atoms with Gasteiger partial charge in [-0.3, -0.25) is 14.5 Å². The van der Waals surface area contributed by atoms with Crippen molar-refractivity contribution in [3.63, 3.8) is 0 Å². The molecule has 3 N–H and O–H groups in total. The smallest absolute Gasteiger partial charge is 0.237 e. The van der Waals surface area contributed by atoms with E-state index >= 15 is 0 Å². The van der Waals surface area contributed by atoms with Gasteiger partial charge in [0.1, 0.15) is 5.82 Å². The molecule has 3 rings (SSSR count). The molecule has 1 aromatic rings. The first-order valence-corrected chi connectivity index (χ1v) is 9.86. The molecular weight excluding hydrogens is 330 g/mol. The Hall–Kier alpha value is -1.89. The maximum absolute atomic E-state index is 12.4. The van der Waals surface area contributed by atoms with E-state index in [0.717, 1.165) is 23.9 Å². The summed E-state index contributed by atoms with van der Waals surface area (Å²) in [6, 6.07) is -0.200. The van der Waals surface area contributed by atoms with Gasteiger partial charge in [0.25, 0.3) is 0 Å². The minimum Gasteiger partial charge on any atom is -0.355 e. The number of aromatic amines is 1. The largest absolute Gasteiger partial charge is 0.355 e. The van der Waals surface area contributed by atoms with Gasteiger partial charge in [-0.2, -0.15) is 0 Å². The molecule has 2 unspecified atom stereocenters. The highest BCUT2D eigenvalue weighted by molar-refractivity contribution is 5.82. The van der Waals surface area contributed by atoms with Crippen LogP contribution in [0.1, 0.15) is 57.5 Å². The van der Waals surface area contributed by atoms with Crippen LogP contribution >= 0.6 is 0 Å². The van der Waals surface area contributed by atoms with Crippen LogP contribution in [0.2, 0.25) is 0 Å². The van der Waals surface area contributed by atoms with Crippen molar-refractivity contribution in [3.8, 4) is 0 Å². The quantitative estimate of drug-likeness (QED) is 0.684. The van der Waals surface area contributed by atoms with Crippen molar-refractivity contribution >= 4 is 11.8 Å². The fourth-order valence-electron chi connectivity index (χ4n) is 4.33. The Morgan fingerprint density at radius 3 is 2.81 bits per heavy atom. The molecule has 0 bridgehead atoms. The summed E-state index contributed by atoms with van der Waals surface area (Å²) in [4.78, 5) is 33.9. The SMILES string of the molecule is CCNC(=O)C1CC(NC(C)=O)CN1Cc1cnc(CC2CCCC2)[nH]1. The van der Waals surface area contributed by atoms with Crippen LogP contribution in [0.4, 0.5) is 0 Å². The summed E-state index contributed by atoms with van der Waals surface area (Å²) in [5, 5.41) is 5.86. The first-order chi connectivity index (χ1) is 12.5. The van der Waals surface area contributed by atoms with Crippen LogP contribution in [0.3, 0.4) is 0 Å². The second-order valence-corrected chi connectivity index (χ2v) is 7.68. The van der Waals surface area contributed by atoms with Crippen molar-refractivity contribution in [3.05, 3.63) is 17.7 Å². The topological polar surface area (TPSA) is 90.1 Å². The molecule has 144 valence electrons. The van der Waals surface area contributed by atoms with Gasteiger partial charge in [-0.05, 0) is 19.3 Å². The lowest BCUT2D eigenvalue weighted by atomic mass is 10.0. The summed E-state index contributed by atoms with van der Waals surface area (Å²) in [5.74, 6) is 1.80. The average Bonchev–Trinajstić information content (AvgIpc) is 3.30. The number of carbonyl (C=O) groups is 2.